The molecule has 0 saturated carbocycles. The Labute approximate surface area is 266 Å². The van der Waals surface area contributed by atoms with Crippen LogP contribution in [0.4, 0.5) is 11.4 Å². The number of fused-ring (bicyclic) bond motifs is 3. The van der Waals surface area contributed by atoms with Crippen LogP contribution in [0, 0.1) is 5.41 Å². The Balaban J connectivity index is 0.000000362. The topological polar surface area (TPSA) is 194 Å². The summed E-state index contributed by atoms with van der Waals surface area (Å²) in [6, 6.07) is 14.1. The summed E-state index contributed by atoms with van der Waals surface area (Å²) >= 11 is 0. The number of aliphatic hydroxyl groups is 2. The van der Waals surface area contributed by atoms with Crippen LogP contribution >= 0.6 is 0 Å². The number of hydrogen-bond donors (Lipinski definition) is 5. The molecule has 246 valence electrons. The average molecular weight is 656 g/mol. The molecule has 13 nitrogen and oxygen atoms in total. The van der Waals surface area contributed by atoms with Gasteiger partial charge in [0.15, 0.2) is 12.2 Å². The summed E-state index contributed by atoms with van der Waals surface area (Å²) in [5, 5.41) is 32.5. The first kappa shape index (κ1) is 33.0. The highest BCUT2D eigenvalue weighted by molar-refractivity contribution is 7.92. The minimum absolute atomic E-state index is 0.174. The molecule has 4 aliphatic heterocycles. The molecule has 4 aliphatic rings. The molecule has 0 spiro atoms. The summed E-state index contributed by atoms with van der Waals surface area (Å²) in [7, 11) is -3.74. The number of carboxylic acid groups (broad SMARTS) is 2. The summed E-state index contributed by atoms with van der Waals surface area (Å²) in [6.45, 7) is 6.34. The third-order valence-electron chi connectivity index (χ3n) is 8.87. The molecule has 14 heteroatoms. The van der Waals surface area contributed by atoms with Crippen LogP contribution in [0.1, 0.15) is 51.0 Å². The van der Waals surface area contributed by atoms with Crippen LogP contribution in [0.5, 0.6) is 0 Å². The molecule has 4 unspecified atom stereocenters. The highest BCUT2D eigenvalue weighted by Gasteiger charge is 2.53. The second-order valence-electron chi connectivity index (χ2n) is 11.5. The van der Waals surface area contributed by atoms with Crippen LogP contribution in [-0.2, 0) is 29.1 Å². The van der Waals surface area contributed by atoms with Gasteiger partial charge in [0.2, 0.25) is 0 Å². The van der Waals surface area contributed by atoms with Gasteiger partial charge in [-0.2, -0.15) is 0 Å². The molecule has 1 saturated heterocycles. The van der Waals surface area contributed by atoms with Gasteiger partial charge in [-0.25, -0.2) is 22.8 Å². The minimum atomic E-state index is -3.74. The molecule has 0 amide bonds. The Kier molecular flexibility index (Phi) is 9.16. The Morgan fingerprint density at radius 1 is 1.02 bits per heavy atom. The van der Waals surface area contributed by atoms with Crippen LogP contribution in [0.15, 0.2) is 76.6 Å². The number of benzene rings is 2. The van der Waals surface area contributed by atoms with E-state index in [1.807, 2.05) is 25.1 Å². The number of piperidine rings is 1. The Morgan fingerprint density at radius 2 is 1.70 bits per heavy atom. The standard InChI is InChI=1S/C28H31N3O4S.C4H6O6/c1-3-28-14-8-15-30-16-13-22-21-12-11-19(29-36(33,34)20-9-6-5-7-10-20)17-23(21)31(25(22)26(28)30)24(18-28)27(32)35-4-2;5-1(3(7)8)2(6)4(9)10/h5-7,9-12,17-18,22,29H,3-4,8,13-16H2,1-2H3;1-2,5-6H,(H,7,8)(H,9,10). The van der Waals surface area contributed by atoms with Gasteiger partial charge in [-0.05, 0) is 68.5 Å². The van der Waals surface area contributed by atoms with Gasteiger partial charge in [-0.3, -0.25) is 4.72 Å². The van der Waals surface area contributed by atoms with Crippen molar-refractivity contribution < 1.29 is 48.0 Å². The zero-order valence-corrected chi connectivity index (χ0v) is 26.2. The van der Waals surface area contributed by atoms with E-state index in [9.17, 15) is 22.8 Å². The Bertz CT molecular complexity index is 1690. The lowest BCUT2D eigenvalue weighted by molar-refractivity contribution is -0.165. The van der Waals surface area contributed by atoms with Crippen molar-refractivity contribution in [1.82, 2.24) is 4.90 Å². The average Bonchev–Trinajstić information content (AvgIpc) is 3.37. The fourth-order valence-corrected chi connectivity index (χ4v) is 7.83. The molecule has 2 aromatic rings. The SMILES string of the molecule is CCOC(=O)C1=CC2(CC)CCCN3CCC4C(=C32)N1c1cc(NS(=O)(=O)c2ccccc2)ccc14.O=C(O)C(O)C(O)C(=O)O. The molecule has 0 aliphatic carbocycles. The van der Waals surface area contributed by atoms with Crippen molar-refractivity contribution in [3.8, 4) is 0 Å². The predicted octanol–water partition coefficient (Wildman–Crippen LogP) is 2.84. The fraction of sp³-hybridized carbons (Fsp3) is 0.406. The van der Waals surface area contributed by atoms with E-state index in [1.54, 1.807) is 30.3 Å². The number of sulfonamides is 1. The summed E-state index contributed by atoms with van der Waals surface area (Å²) in [5.74, 6) is -3.69. The largest absolute Gasteiger partial charge is 0.479 e. The molecule has 0 bridgehead atoms. The Morgan fingerprint density at radius 3 is 2.30 bits per heavy atom. The van der Waals surface area contributed by atoms with Crippen molar-refractivity contribution in [3.63, 3.8) is 0 Å². The molecular formula is C32H37N3O10S. The lowest BCUT2D eigenvalue weighted by atomic mass is 9.69. The molecule has 2 aromatic carbocycles. The normalized spacial score (nSPS) is 22.3. The summed E-state index contributed by atoms with van der Waals surface area (Å²) in [5.41, 5.74) is 5.34. The van der Waals surface area contributed by atoms with Gasteiger partial charge < -0.3 is 35.0 Å². The molecule has 1 fully saturated rings. The lowest BCUT2D eigenvalue weighted by Crippen LogP contribution is -2.49. The van der Waals surface area contributed by atoms with E-state index >= 15 is 0 Å². The van der Waals surface area contributed by atoms with Crippen molar-refractivity contribution in [3.05, 3.63) is 77.3 Å². The number of nitrogens with zero attached hydrogens (tertiary/aromatic N) is 2. The highest BCUT2D eigenvalue weighted by atomic mass is 32.2. The van der Waals surface area contributed by atoms with Crippen LogP contribution < -0.4 is 9.62 Å². The van der Waals surface area contributed by atoms with E-state index < -0.39 is 34.2 Å². The first-order valence-corrected chi connectivity index (χ1v) is 16.6. The van der Waals surface area contributed by atoms with Crippen molar-refractivity contribution in [1.29, 1.82) is 0 Å². The number of esters is 1. The third-order valence-corrected chi connectivity index (χ3v) is 10.3. The van der Waals surface area contributed by atoms with Gasteiger partial charge in [0.05, 0.1) is 28.6 Å². The van der Waals surface area contributed by atoms with E-state index in [1.165, 1.54) is 11.4 Å². The number of carbonyl (C=O) groups is 3. The summed E-state index contributed by atoms with van der Waals surface area (Å²) in [6.07, 6.45) is 1.60. The smallest absolute Gasteiger partial charge is 0.355 e. The van der Waals surface area contributed by atoms with Gasteiger partial charge >= 0.3 is 17.9 Å². The van der Waals surface area contributed by atoms with Crippen LogP contribution in [0.25, 0.3) is 0 Å². The number of aliphatic hydroxyl groups excluding tert-OH is 2. The van der Waals surface area contributed by atoms with Crippen LogP contribution in [0.2, 0.25) is 0 Å². The minimum Gasteiger partial charge on any atom is -0.479 e. The highest BCUT2D eigenvalue weighted by Crippen LogP contribution is 2.60. The maximum absolute atomic E-state index is 13.3. The third kappa shape index (κ3) is 5.83. The van der Waals surface area contributed by atoms with E-state index in [0.717, 1.165) is 50.0 Å². The molecular weight excluding hydrogens is 618 g/mol. The maximum atomic E-state index is 13.3. The second kappa shape index (κ2) is 12.8. The first-order valence-electron chi connectivity index (χ1n) is 15.1. The van der Waals surface area contributed by atoms with Crippen molar-refractivity contribution in [2.75, 3.05) is 29.3 Å². The van der Waals surface area contributed by atoms with E-state index in [2.05, 4.69) is 27.5 Å². The number of allylic oxidation sites excluding steroid dienone is 2. The number of anilines is 2. The maximum Gasteiger partial charge on any atom is 0.355 e. The molecule has 0 radical (unpaired) electrons. The van der Waals surface area contributed by atoms with Gasteiger partial charge in [-0.15, -0.1) is 0 Å². The number of carboxylic acids is 2. The van der Waals surface area contributed by atoms with Gasteiger partial charge in [-0.1, -0.05) is 31.2 Å². The molecule has 4 atom stereocenters. The first-order chi connectivity index (χ1) is 21.8. The monoisotopic (exact) mass is 655 g/mol. The number of nitrogens with one attached hydrogen (secondary N) is 1. The zero-order chi connectivity index (χ0) is 33.4. The fourth-order valence-electron chi connectivity index (χ4n) is 6.76. The van der Waals surface area contributed by atoms with Crippen LogP contribution in [0.3, 0.4) is 0 Å². The van der Waals surface area contributed by atoms with Crippen molar-refractivity contribution in [2.24, 2.45) is 5.41 Å². The van der Waals surface area contributed by atoms with E-state index in [4.69, 9.17) is 25.2 Å². The number of aliphatic carboxylic acids is 2. The molecule has 46 heavy (non-hydrogen) atoms. The number of rotatable bonds is 9. The van der Waals surface area contributed by atoms with E-state index in [0.29, 0.717) is 18.0 Å². The van der Waals surface area contributed by atoms with Gasteiger partial charge in [0.25, 0.3) is 10.0 Å². The zero-order valence-electron chi connectivity index (χ0n) is 25.4. The van der Waals surface area contributed by atoms with Crippen molar-refractivity contribution >= 4 is 39.3 Å². The van der Waals surface area contributed by atoms with Gasteiger partial charge in [0.1, 0.15) is 5.70 Å². The quantitative estimate of drug-likeness (QED) is 0.248. The summed E-state index contributed by atoms with van der Waals surface area (Å²) < 4.78 is 34.3. The van der Waals surface area contributed by atoms with Crippen molar-refractivity contribution in [2.45, 2.75) is 62.6 Å². The summed E-state index contributed by atoms with van der Waals surface area (Å²) in [4.78, 5) is 37.6. The molecule has 6 rings (SSSR count). The number of carbonyl (C=O) groups excluding carboxylic acids is 1. The van der Waals surface area contributed by atoms with E-state index in [-0.39, 0.29) is 22.2 Å². The molecule has 4 heterocycles. The predicted molar refractivity (Wildman–Crippen MR) is 166 cm³/mol. The Hall–Kier alpha value is -4.40. The van der Waals surface area contributed by atoms with Gasteiger partial charge in [0, 0.05) is 30.1 Å². The molecule has 5 N–H and O–H groups in total. The van der Waals surface area contributed by atoms with Crippen LogP contribution in [-0.4, -0.2) is 83.6 Å². The molecule has 0 aromatic heterocycles. The number of hydrogen-bond acceptors (Lipinski definition) is 10. The number of ether oxygens (including phenoxy) is 1. The second-order valence-corrected chi connectivity index (χ2v) is 13.2. The lowest BCUT2D eigenvalue weighted by Gasteiger charge is -2.52.